The molecule has 0 saturated carbocycles. The lowest BCUT2D eigenvalue weighted by Gasteiger charge is -2.26. The van der Waals surface area contributed by atoms with Gasteiger partial charge in [0.2, 0.25) is 26.0 Å². The smallest absolute Gasteiger partial charge is 0.243 e. The molecule has 0 radical (unpaired) electrons. The van der Waals surface area contributed by atoms with Crippen LogP contribution in [0.15, 0.2) is 62.8 Å². The molecule has 1 amide bonds. The third-order valence-corrected chi connectivity index (χ3v) is 8.43. The summed E-state index contributed by atoms with van der Waals surface area (Å²) in [5.74, 6) is -0.401. The van der Waals surface area contributed by atoms with E-state index in [0.717, 1.165) is 4.47 Å². The molecule has 1 heterocycles. The molecule has 0 atom stereocenters. The van der Waals surface area contributed by atoms with Crippen LogP contribution in [0.4, 0.5) is 5.69 Å². The van der Waals surface area contributed by atoms with Crippen molar-refractivity contribution in [1.29, 1.82) is 0 Å². The number of halogens is 1. The van der Waals surface area contributed by atoms with Gasteiger partial charge in [-0.2, -0.15) is 4.31 Å². The summed E-state index contributed by atoms with van der Waals surface area (Å²) in [6, 6.07) is 12.0. The van der Waals surface area contributed by atoms with Gasteiger partial charge in [-0.3, -0.25) is 4.79 Å². The Morgan fingerprint density at radius 3 is 2.13 bits per heavy atom. The quantitative estimate of drug-likeness (QED) is 0.535. The summed E-state index contributed by atoms with van der Waals surface area (Å²) in [5, 5.41) is 2.63. The molecule has 2 N–H and O–H groups in total. The van der Waals surface area contributed by atoms with Gasteiger partial charge in [0, 0.05) is 36.2 Å². The average molecular weight is 532 g/mol. The van der Waals surface area contributed by atoms with Gasteiger partial charge in [0.15, 0.2) is 0 Å². The predicted molar refractivity (Wildman–Crippen MR) is 119 cm³/mol. The summed E-state index contributed by atoms with van der Waals surface area (Å²) >= 11 is 3.24. The van der Waals surface area contributed by atoms with Crippen molar-refractivity contribution in [2.75, 3.05) is 38.2 Å². The van der Waals surface area contributed by atoms with Crippen LogP contribution >= 0.6 is 15.9 Å². The van der Waals surface area contributed by atoms with Gasteiger partial charge in [-0.1, -0.05) is 15.9 Å². The van der Waals surface area contributed by atoms with E-state index in [0.29, 0.717) is 32.0 Å². The van der Waals surface area contributed by atoms with E-state index in [-0.39, 0.29) is 22.8 Å². The Kier molecular flexibility index (Phi) is 7.83. The van der Waals surface area contributed by atoms with Crippen LogP contribution in [-0.2, 0) is 29.6 Å². The van der Waals surface area contributed by atoms with Crippen LogP contribution in [0, 0.1) is 0 Å². The van der Waals surface area contributed by atoms with E-state index in [1.807, 2.05) is 0 Å². The van der Waals surface area contributed by atoms with E-state index in [1.165, 1.54) is 40.7 Å². The second kappa shape index (κ2) is 10.2. The van der Waals surface area contributed by atoms with Gasteiger partial charge in [0.05, 0.1) is 23.0 Å². The maximum atomic E-state index is 12.6. The summed E-state index contributed by atoms with van der Waals surface area (Å²) in [5.41, 5.74) is 0.418. The summed E-state index contributed by atoms with van der Waals surface area (Å²) < 4.78 is 59.3. The van der Waals surface area contributed by atoms with E-state index in [9.17, 15) is 21.6 Å². The molecule has 3 rings (SSSR count). The first-order valence-corrected chi connectivity index (χ1v) is 13.1. The molecule has 1 aliphatic heterocycles. The SMILES string of the molecule is O=C(CCNS(=O)(=O)c1ccc(Br)cc1)Nc1ccc(S(=O)(=O)N2CCOCC2)cc1. The Hall–Kier alpha value is -1.83. The van der Waals surface area contributed by atoms with Gasteiger partial charge in [0.25, 0.3) is 0 Å². The summed E-state index contributed by atoms with van der Waals surface area (Å²) in [6.45, 7) is 1.25. The molecule has 12 heteroatoms. The molecule has 0 aliphatic carbocycles. The standard InChI is InChI=1S/C19H22BrN3O6S2/c20-15-1-5-17(6-2-15)30(25,26)21-10-9-19(24)22-16-3-7-18(8-4-16)31(27,28)23-11-13-29-14-12-23/h1-8,21H,9-14H2,(H,22,24). The first-order chi connectivity index (χ1) is 14.7. The highest BCUT2D eigenvalue weighted by Gasteiger charge is 2.26. The van der Waals surface area contributed by atoms with Crippen LogP contribution in [-0.4, -0.2) is 59.9 Å². The van der Waals surface area contributed by atoms with Crippen molar-refractivity contribution in [1.82, 2.24) is 9.03 Å². The summed E-state index contributed by atoms with van der Waals surface area (Å²) in [7, 11) is -7.32. The van der Waals surface area contributed by atoms with E-state index in [1.54, 1.807) is 12.1 Å². The van der Waals surface area contributed by atoms with Crippen LogP contribution < -0.4 is 10.0 Å². The van der Waals surface area contributed by atoms with Gasteiger partial charge in [-0.15, -0.1) is 0 Å². The number of benzene rings is 2. The zero-order valence-electron chi connectivity index (χ0n) is 16.5. The Balaban J connectivity index is 1.52. The number of nitrogens with one attached hydrogen (secondary N) is 2. The molecular formula is C19H22BrN3O6S2. The molecule has 0 unspecified atom stereocenters. The third kappa shape index (κ3) is 6.34. The van der Waals surface area contributed by atoms with Crippen LogP contribution in [0.5, 0.6) is 0 Å². The maximum absolute atomic E-state index is 12.6. The normalized spacial score (nSPS) is 15.5. The molecule has 0 spiro atoms. The van der Waals surface area contributed by atoms with E-state index in [2.05, 4.69) is 26.0 Å². The number of rotatable bonds is 8. The number of nitrogens with zero attached hydrogens (tertiary/aromatic N) is 1. The molecule has 1 aliphatic rings. The van der Waals surface area contributed by atoms with Gasteiger partial charge in [0.1, 0.15) is 0 Å². The maximum Gasteiger partial charge on any atom is 0.243 e. The molecule has 2 aromatic rings. The fourth-order valence-electron chi connectivity index (χ4n) is 2.87. The largest absolute Gasteiger partial charge is 0.379 e. The second-order valence-corrected chi connectivity index (χ2v) is 11.3. The lowest BCUT2D eigenvalue weighted by Crippen LogP contribution is -2.40. The van der Waals surface area contributed by atoms with Gasteiger partial charge in [-0.25, -0.2) is 21.6 Å². The number of hydrogen-bond acceptors (Lipinski definition) is 6. The number of sulfonamides is 2. The number of carbonyl (C=O) groups is 1. The topological polar surface area (TPSA) is 122 Å². The minimum absolute atomic E-state index is 0.0757. The highest BCUT2D eigenvalue weighted by molar-refractivity contribution is 9.10. The fourth-order valence-corrected chi connectivity index (χ4v) is 5.57. The van der Waals surface area contributed by atoms with Gasteiger partial charge >= 0.3 is 0 Å². The predicted octanol–water partition coefficient (Wildman–Crippen LogP) is 1.78. The van der Waals surface area contributed by atoms with E-state index >= 15 is 0 Å². The molecule has 9 nitrogen and oxygen atoms in total. The minimum atomic E-state index is -3.71. The van der Waals surface area contributed by atoms with E-state index in [4.69, 9.17) is 4.74 Å². The Bertz CT molecular complexity index is 1110. The fraction of sp³-hybridized carbons (Fsp3) is 0.316. The number of morpholine rings is 1. The van der Waals surface area contributed by atoms with Crippen molar-refractivity contribution < 1.29 is 26.4 Å². The molecule has 0 bridgehead atoms. The zero-order chi connectivity index (χ0) is 22.5. The molecule has 31 heavy (non-hydrogen) atoms. The third-order valence-electron chi connectivity index (χ3n) is 4.51. The monoisotopic (exact) mass is 531 g/mol. The Morgan fingerprint density at radius 1 is 0.935 bits per heavy atom. The molecule has 1 saturated heterocycles. The molecule has 0 aromatic heterocycles. The summed E-state index contributed by atoms with van der Waals surface area (Å²) in [4.78, 5) is 12.4. The Morgan fingerprint density at radius 2 is 1.52 bits per heavy atom. The van der Waals surface area contributed by atoms with Crippen LogP contribution in [0.25, 0.3) is 0 Å². The van der Waals surface area contributed by atoms with Crippen LogP contribution in [0.3, 0.4) is 0 Å². The zero-order valence-corrected chi connectivity index (χ0v) is 19.7. The Labute approximate surface area is 190 Å². The van der Waals surface area contributed by atoms with Crippen molar-refractivity contribution in [2.24, 2.45) is 0 Å². The lowest BCUT2D eigenvalue weighted by atomic mass is 10.3. The van der Waals surface area contributed by atoms with Crippen molar-refractivity contribution in [2.45, 2.75) is 16.2 Å². The van der Waals surface area contributed by atoms with E-state index < -0.39 is 26.0 Å². The first-order valence-electron chi connectivity index (χ1n) is 9.41. The lowest BCUT2D eigenvalue weighted by molar-refractivity contribution is -0.116. The summed E-state index contributed by atoms with van der Waals surface area (Å²) in [6.07, 6.45) is -0.0798. The number of ether oxygens (including phenoxy) is 1. The molecule has 2 aromatic carbocycles. The first kappa shape index (κ1) is 23.8. The highest BCUT2D eigenvalue weighted by Crippen LogP contribution is 2.19. The van der Waals surface area contributed by atoms with Crippen LogP contribution in [0.2, 0.25) is 0 Å². The van der Waals surface area contributed by atoms with Crippen LogP contribution in [0.1, 0.15) is 6.42 Å². The highest BCUT2D eigenvalue weighted by atomic mass is 79.9. The molecular weight excluding hydrogens is 510 g/mol. The average Bonchev–Trinajstić information content (AvgIpc) is 2.75. The van der Waals surface area contributed by atoms with Crippen molar-refractivity contribution >= 4 is 47.6 Å². The number of hydrogen-bond donors (Lipinski definition) is 2. The van der Waals surface area contributed by atoms with Gasteiger partial charge in [-0.05, 0) is 48.5 Å². The number of carbonyl (C=O) groups excluding carboxylic acids is 1. The molecule has 168 valence electrons. The van der Waals surface area contributed by atoms with Crippen molar-refractivity contribution in [3.8, 4) is 0 Å². The minimum Gasteiger partial charge on any atom is -0.379 e. The number of anilines is 1. The second-order valence-electron chi connectivity index (χ2n) is 6.69. The van der Waals surface area contributed by atoms with Crippen molar-refractivity contribution in [3.63, 3.8) is 0 Å². The number of amides is 1. The van der Waals surface area contributed by atoms with Crippen molar-refractivity contribution in [3.05, 3.63) is 53.0 Å². The van der Waals surface area contributed by atoms with Gasteiger partial charge < -0.3 is 10.1 Å². The molecule has 1 fully saturated rings.